The standard InChI is InChI=1S/C13H19N3O3S/c14-9-13(17)15-10-11-3-5-12(6-4-11)20(18,19)16-7-1-2-8-16/h3-6H,1-2,7-10,14H2,(H,15,17). The molecule has 0 spiro atoms. The molecule has 0 aliphatic carbocycles. The molecule has 3 N–H and O–H groups in total. The smallest absolute Gasteiger partial charge is 0.243 e. The number of carbonyl (C=O) groups excluding carboxylic acids is 1. The van der Waals surface area contributed by atoms with Crippen LogP contribution in [0.1, 0.15) is 18.4 Å². The average Bonchev–Trinajstić information content (AvgIpc) is 3.00. The van der Waals surface area contributed by atoms with Crippen molar-refractivity contribution in [3.63, 3.8) is 0 Å². The molecule has 0 unspecified atom stereocenters. The van der Waals surface area contributed by atoms with Crippen molar-refractivity contribution in [1.82, 2.24) is 9.62 Å². The molecule has 110 valence electrons. The molecule has 0 atom stereocenters. The Balaban J connectivity index is 2.06. The number of carbonyl (C=O) groups is 1. The van der Waals surface area contributed by atoms with Crippen molar-refractivity contribution in [1.29, 1.82) is 0 Å². The average molecular weight is 297 g/mol. The summed E-state index contributed by atoms with van der Waals surface area (Å²) in [5.41, 5.74) is 6.03. The zero-order chi connectivity index (χ0) is 14.6. The van der Waals surface area contributed by atoms with E-state index in [9.17, 15) is 13.2 Å². The van der Waals surface area contributed by atoms with E-state index in [2.05, 4.69) is 5.32 Å². The van der Waals surface area contributed by atoms with Crippen LogP contribution in [-0.4, -0.2) is 38.3 Å². The Morgan fingerprint density at radius 3 is 2.35 bits per heavy atom. The van der Waals surface area contributed by atoms with Crippen molar-refractivity contribution in [3.8, 4) is 0 Å². The molecule has 20 heavy (non-hydrogen) atoms. The summed E-state index contributed by atoms with van der Waals surface area (Å²) in [7, 11) is -3.37. The van der Waals surface area contributed by atoms with Crippen molar-refractivity contribution in [2.45, 2.75) is 24.3 Å². The van der Waals surface area contributed by atoms with Crippen LogP contribution >= 0.6 is 0 Å². The van der Waals surface area contributed by atoms with Crippen LogP contribution < -0.4 is 11.1 Å². The van der Waals surface area contributed by atoms with E-state index in [1.165, 1.54) is 4.31 Å². The van der Waals surface area contributed by atoms with Gasteiger partial charge < -0.3 is 11.1 Å². The third-order valence-corrected chi connectivity index (χ3v) is 5.21. The molecule has 1 amide bonds. The molecule has 0 aromatic heterocycles. The summed E-state index contributed by atoms with van der Waals surface area (Å²) in [6.45, 7) is 1.48. The summed E-state index contributed by atoms with van der Waals surface area (Å²) in [6.07, 6.45) is 1.84. The molecular weight excluding hydrogens is 278 g/mol. The lowest BCUT2D eigenvalue weighted by atomic mass is 10.2. The largest absolute Gasteiger partial charge is 0.351 e. The summed E-state index contributed by atoms with van der Waals surface area (Å²) in [4.78, 5) is 11.3. The second-order valence-corrected chi connectivity index (χ2v) is 6.67. The lowest BCUT2D eigenvalue weighted by molar-refractivity contribution is -0.119. The molecule has 1 aliphatic rings. The van der Waals surface area contributed by atoms with Gasteiger partial charge in [0.1, 0.15) is 0 Å². The number of nitrogens with zero attached hydrogens (tertiary/aromatic N) is 1. The molecule has 6 nitrogen and oxygen atoms in total. The van der Waals surface area contributed by atoms with Gasteiger partial charge >= 0.3 is 0 Å². The lowest BCUT2D eigenvalue weighted by Crippen LogP contribution is -2.29. The van der Waals surface area contributed by atoms with E-state index in [0.29, 0.717) is 24.5 Å². The Labute approximate surface area is 119 Å². The normalized spacial score (nSPS) is 16.2. The number of hydrogen-bond acceptors (Lipinski definition) is 4. The zero-order valence-electron chi connectivity index (χ0n) is 11.2. The first-order valence-corrected chi connectivity index (χ1v) is 8.04. The van der Waals surface area contributed by atoms with Gasteiger partial charge in [-0.05, 0) is 30.5 Å². The Hall–Kier alpha value is -1.44. The topological polar surface area (TPSA) is 92.5 Å². The summed E-state index contributed by atoms with van der Waals surface area (Å²) in [5, 5.41) is 2.64. The first kappa shape index (κ1) is 15.0. The summed E-state index contributed by atoms with van der Waals surface area (Å²) in [5.74, 6) is -0.237. The van der Waals surface area contributed by atoms with Gasteiger partial charge in [0.05, 0.1) is 11.4 Å². The second kappa shape index (κ2) is 6.34. The van der Waals surface area contributed by atoms with E-state index in [-0.39, 0.29) is 12.5 Å². The lowest BCUT2D eigenvalue weighted by Gasteiger charge is -2.15. The predicted molar refractivity (Wildman–Crippen MR) is 75.3 cm³/mol. The fraction of sp³-hybridized carbons (Fsp3) is 0.462. The number of rotatable bonds is 5. The van der Waals surface area contributed by atoms with E-state index in [4.69, 9.17) is 5.73 Å². The van der Waals surface area contributed by atoms with Gasteiger partial charge in [0.2, 0.25) is 15.9 Å². The van der Waals surface area contributed by atoms with Gasteiger partial charge in [-0.1, -0.05) is 12.1 Å². The fourth-order valence-electron chi connectivity index (χ4n) is 2.13. The molecule has 0 bridgehead atoms. The quantitative estimate of drug-likeness (QED) is 0.803. The van der Waals surface area contributed by atoms with Crippen LogP contribution in [0.25, 0.3) is 0 Å². The molecule has 0 saturated carbocycles. The van der Waals surface area contributed by atoms with Gasteiger partial charge in [-0.25, -0.2) is 8.42 Å². The summed E-state index contributed by atoms with van der Waals surface area (Å²) < 4.78 is 26.1. The first-order chi connectivity index (χ1) is 9.54. The maximum absolute atomic E-state index is 12.3. The molecule has 1 heterocycles. The highest BCUT2D eigenvalue weighted by atomic mass is 32.2. The van der Waals surface area contributed by atoms with Crippen LogP contribution in [0.2, 0.25) is 0 Å². The highest BCUT2D eigenvalue weighted by molar-refractivity contribution is 7.89. The molecule has 0 radical (unpaired) electrons. The molecule has 1 aliphatic heterocycles. The number of sulfonamides is 1. The van der Waals surface area contributed by atoms with Crippen molar-refractivity contribution in [2.24, 2.45) is 5.73 Å². The van der Waals surface area contributed by atoms with Gasteiger partial charge in [-0.2, -0.15) is 4.31 Å². The summed E-state index contributed by atoms with van der Waals surface area (Å²) >= 11 is 0. The Kier molecular flexibility index (Phi) is 4.74. The Bertz CT molecular complexity index is 563. The van der Waals surface area contributed by atoms with Crippen molar-refractivity contribution in [2.75, 3.05) is 19.6 Å². The van der Waals surface area contributed by atoms with Gasteiger partial charge in [-0.3, -0.25) is 4.79 Å². The first-order valence-electron chi connectivity index (χ1n) is 6.60. The minimum Gasteiger partial charge on any atom is -0.351 e. The number of benzene rings is 1. The maximum atomic E-state index is 12.3. The Morgan fingerprint density at radius 1 is 1.20 bits per heavy atom. The van der Waals surface area contributed by atoms with Crippen LogP contribution in [0, 0.1) is 0 Å². The molecule has 2 rings (SSSR count). The maximum Gasteiger partial charge on any atom is 0.243 e. The number of nitrogens with one attached hydrogen (secondary N) is 1. The molecule has 1 aromatic rings. The van der Waals surface area contributed by atoms with Crippen molar-refractivity contribution < 1.29 is 13.2 Å². The van der Waals surface area contributed by atoms with Crippen LogP contribution in [0.5, 0.6) is 0 Å². The van der Waals surface area contributed by atoms with E-state index in [1.54, 1.807) is 24.3 Å². The van der Waals surface area contributed by atoms with Crippen LogP contribution in [0.15, 0.2) is 29.2 Å². The second-order valence-electron chi connectivity index (χ2n) is 4.74. The minimum absolute atomic E-state index is 0.0541. The monoisotopic (exact) mass is 297 g/mol. The highest BCUT2D eigenvalue weighted by Gasteiger charge is 2.26. The molecular formula is C13H19N3O3S. The zero-order valence-corrected chi connectivity index (χ0v) is 12.0. The Morgan fingerprint density at radius 2 is 1.80 bits per heavy atom. The third kappa shape index (κ3) is 3.36. The molecule has 1 saturated heterocycles. The van der Waals surface area contributed by atoms with Crippen LogP contribution in [0.3, 0.4) is 0 Å². The fourth-order valence-corrected chi connectivity index (χ4v) is 3.65. The number of hydrogen-bond donors (Lipinski definition) is 2. The highest BCUT2D eigenvalue weighted by Crippen LogP contribution is 2.20. The van der Waals surface area contributed by atoms with Gasteiger partial charge in [0.25, 0.3) is 0 Å². The van der Waals surface area contributed by atoms with Crippen LogP contribution in [-0.2, 0) is 21.4 Å². The van der Waals surface area contributed by atoms with E-state index in [1.807, 2.05) is 0 Å². The van der Waals surface area contributed by atoms with E-state index >= 15 is 0 Å². The van der Waals surface area contributed by atoms with Gasteiger partial charge in [0, 0.05) is 19.6 Å². The SMILES string of the molecule is NCC(=O)NCc1ccc(S(=O)(=O)N2CCCC2)cc1. The van der Waals surface area contributed by atoms with Crippen LogP contribution in [0.4, 0.5) is 0 Å². The third-order valence-electron chi connectivity index (χ3n) is 3.30. The number of amides is 1. The number of nitrogens with two attached hydrogens (primary N) is 1. The molecule has 1 aromatic carbocycles. The molecule has 7 heteroatoms. The van der Waals surface area contributed by atoms with Crippen molar-refractivity contribution in [3.05, 3.63) is 29.8 Å². The van der Waals surface area contributed by atoms with E-state index in [0.717, 1.165) is 18.4 Å². The summed E-state index contributed by atoms with van der Waals surface area (Å²) in [6, 6.07) is 6.58. The molecule has 1 fully saturated rings. The van der Waals surface area contributed by atoms with E-state index < -0.39 is 10.0 Å². The predicted octanol–water partition coefficient (Wildman–Crippen LogP) is 0.0460. The van der Waals surface area contributed by atoms with Gasteiger partial charge in [-0.15, -0.1) is 0 Å². The van der Waals surface area contributed by atoms with Gasteiger partial charge in [0.15, 0.2) is 0 Å². The van der Waals surface area contributed by atoms with Crippen molar-refractivity contribution >= 4 is 15.9 Å². The minimum atomic E-state index is -3.37.